The van der Waals surface area contributed by atoms with Gasteiger partial charge in [0.25, 0.3) is 0 Å². The van der Waals surface area contributed by atoms with Gasteiger partial charge in [-0.1, -0.05) is 6.92 Å². The number of rotatable bonds is 0. The van der Waals surface area contributed by atoms with Crippen LogP contribution in [0.15, 0.2) is 0 Å². The Hall–Kier alpha value is -0.570. The lowest BCUT2D eigenvalue weighted by molar-refractivity contribution is -0.120. The van der Waals surface area contributed by atoms with E-state index in [1.165, 1.54) is 12.8 Å². The monoisotopic (exact) mass is 209 g/mol. The third kappa shape index (κ3) is 1.07. The molecule has 0 radical (unpaired) electrons. The summed E-state index contributed by atoms with van der Waals surface area (Å²) in [6, 6.07) is 0. The molecule has 3 rings (SSSR count). The van der Waals surface area contributed by atoms with Crippen LogP contribution in [0.25, 0.3) is 0 Å². The number of ether oxygens (including phenoxy) is 1. The Kier molecular flexibility index (Phi) is 1.91. The van der Waals surface area contributed by atoms with Crippen molar-refractivity contribution in [3.05, 3.63) is 0 Å². The molecule has 1 saturated carbocycles. The highest BCUT2D eigenvalue weighted by Crippen LogP contribution is 2.61. The number of amides is 1. The summed E-state index contributed by atoms with van der Waals surface area (Å²) in [4.78, 5) is 11.7. The zero-order valence-corrected chi connectivity index (χ0v) is 9.34. The zero-order chi connectivity index (χ0) is 10.5. The van der Waals surface area contributed by atoms with Crippen LogP contribution >= 0.6 is 0 Å². The Morgan fingerprint density at radius 1 is 1.33 bits per heavy atom. The number of carbonyl (C=O) groups is 1. The second-order valence-corrected chi connectivity index (χ2v) is 5.52. The lowest BCUT2D eigenvalue weighted by Gasteiger charge is -2.57. The topological polar surface area (TPSA) is 38.3 Å². The molecule has 84 valence electrons. The van der Waals surface area contributed by atoms with Crippen molar-refractivity contribution in [3.63, 3.8) is 0 Å². The van der Waals surface area contributed by atoms with Crippen LogP contribution in [0, 0.1) is 11.3 Å². The van der Waals surface area contributed by atoms with Crippen LogP contribution in [0.4, 0.5) is 0 Å². The van der Waals surface area contributed by atoms with Crippen LogP contribution in [0.3, 0.4) is 0 Å². The third-order valence-corrected chi connectivity index (χ3v) is 5.12. The first-order chi connectivity index (χ1) is 7.19. The molecule has 2 atom stereocenters. The second kappa shape index (κ2) is 2.97. The second-order valence-electron chi connectivity index (χ2n) is 5.52. The molecule has 1 N–H and O–H groups in total. The van der Waals surface area contributed by atoms with Crippen LogP contribution < -0.4 is 5.32 Å². The molecule has 2 saturated heterocycles. The van der Waals surface area contributed by atoms with Crippen molar-refractivity contribution in [1.82, 2.24) is 5.32 Å². The summed E-state index contributed by atoms with van der Waals surface area (Å²) in [5.74, 6) is 0.970. The molecule has 1 amide bonds. The average molecular weight is 209 g/mol. The maximum absolute atomic E-state index is 11.7. The Morgan fingerprint density at radius 3 is 2.60 bits per heavy atom. The van der Waals surface area contributed by atoms with Gasteiger partial charge >= 0.3 is 0 Å². The number of hydrogen-bond donors (Lipinski definition) is 1. The fourth-order valence-electron chi connectivity index (χ4n) is 3.99. The minimum Gasteiger partial charge on any atom is -0.381 e. The summed E-state index contributed by atoms with van der Waals surface area (Å²) >= 11 is 0. The first kappa shape index (κ1) is 9.64. The van der Waals surface area contributed by atoms with Crippen molar-refractivity contribution in [2.75, 3.05) is 13.2 Å². The fraction of sp³-hybridized carbons (Fsp3) is 0.917. The molecule has 2 aliphatic heterocycles. The van der Waals surface area contributed by atoms with Crippen LogP contribution in [0.5, 0.6) is 0 Å². The van der Waals surface area contributed by atoms with Crippen molar-refractivity contribution in [2.45, 2.75) is 44.6 Å². The number of fused-ring (bicyclic) bond motifs is 1. The predicted octanol–water partition coefficient (Wildman–Crippen LogP) is 1.47. The molecule has 0 bridgehead atoms. The summed E-state index contributed by atoms with van der Waals surface area (Å²) < 4.78 is 5.44. The first-order valence-electron chi connectivity index (χ1n) is 6.07. The van der Waals surface area contributed by atoms with Gasteiger partial charge in [-0.15, -0.1) is 0 Å². The maximum Gasteiger partial charge on any atom is 0.221 e. The van der Waals surface area contributed by atoms with E-state index in [4.69, 9.17) is 4.74 Å². The highest BCUT2D eigenvalue weighted by atomic mass is 16.5. The van der Waals surface area contributed by atoms with E-state index < -0.39 is 0 Å². The molecule has 0 aromatic rings. The van der Waals surface area contributed by atoms with E-state index >= 15 is 0 Å². The van der Waals surface area contributed by atoms with Crippen molar-refractivity contribution in [1.29, 1.82) is 0 Å². The van der Waals surface area contributed by atoms with E-state index in [0.717, 1.165) is 32.5 Å². The summed E-state index contributed by atoms with van der Waals surface area (Å²) in [6.07, 6.45) is 5.31. The van der Waals surface area contributed by atoms with E-state index in [9.17, 15) is 4.79 Å². The van der Waals surface area contributed by atoms with Gasteiger partial charge in [0.2, 0.25) is 5.91 Å². The smallest absolute Gasteiger partial charge is 0.221 e. The SMILES string of the molecule is CC1CCC12CC(=O)NC21CCOCC1. The fourth-order valence-corrected chi connectivity index (χ4v) is 3.99. The highest BCUT2D eigenvalue weighted by Gasteiger charge is 2.63. The molecule has 2 spiro atoms. The van der Waals surface area contributed by atoms with E-state index in [1.807, 2.05) is 0 Å². The molecule has 3 heteroatoms. The number of nitrogens with one attached hydrogen (secondary N) is 1. The van der Waals surface area contributed by atoms with Crippen LogP contribution in [0.2, 0.25) is 0 Å². The third-order valence-electron chi connectivity index (χ3n) is 5.12. The van der Waals surface area contributed by atoms with E-state index in [0.29, 0.717) is 5.92 Å². The van der Waals surface area contributed by atoms with Gasteiger partial charge in [-0.05, 0) is 31.6 Å². The van der Waals surface area contributed by atoms with Gasteiger partial charge in [-0.3, -0.25) is 4.79 Å². The Labute approximate surface area is 90.6 Å². The van der Waals surface area contributed by atoms with Gasteiger partial charge in [0.15, 0.2) is 0 Å². The number of hydrogen-bond acceptors (Lipinski definition) is 2. The van der Waals surface area contributed by atoms with Crippen molar-refractivity contribution < 1.29 is 9.53 Å². The molecule has 0 aromatic heterocycles. The Bertz CT molecular complexity index is 296. The quantitative estimate of drug-likeness (QED) is 0.656. The van der Waals surface area contributed by atoms with Gasteiger partial charge in [-0.2, -0.15) is 0 Å². The standard InChI is InChI=1S/C12H19NO2/c1-9-2-3-11(9)8-10(14)13-12(11)4-6-15-7-5-12/h9H,2-8H2,1H3,(H,13,14). The molecule has 3 nitrogen and oxygen atoms in total. The number of carbonyl (C=O) groups excluding carboxylic acids is 1. The minimum absolute atomic E-state index is 0.0833. The molecule has 3 fully saturated rings. The van der Waals surface area contributed by atoms with E-state index in [-0.39, 0.29) is 16.9 Å². The van der Waals surface area contributed by atoms with Gasteiger partial charge in [0.05, 0.1) is 5.54 Å². The van der Waals surface area contributed by atoms with Crippen molar-refractivity contribution in [3.8, 4) is 0 Å². The summed E-state index contributed by atoms with van der Waals surface area (Å²) in [7, 11) is 0. The van der Waals surface area contributed by atoms with Crippen LogP contribution in [-0.2, 0) is 9.53 Å². The molecular formula is C12H19NO2. The molecule has 15 heavy (non-hydrogen) atoms. The van der Waals surface area contributed by atoms with E-state index in [2.05, 4.69) is 12.2 Å². The molecule has 1 aliphatic carbocycles. The zero-order valence-electron chi connectivity index (χ0n) is 9.34. The molecular weight excluding hydrogens is 190 g/mol. The maximum atomic E-state index is 11.7. The molecule has 3 aliphatic rings. The van der Waals surface area contributed by atoms with Crippen LogP contribution in [-0.4, -0.2) is 24.7 Å². The normalized spacial score (nSPS) is 43.0. The summed E-state index contributed by atoms with van der Waals surface area (Å²) in [5.41, 5.74) is 0.355. The van der Waals surface area contributed by atoms with Gasteiger partial charge < -0.3 is 10.1 Å². The van der Waals surface area contributed by atoms with Crippen molar-refractivity contribution >= 4 is 5.91 Å². The Balaban J connectivity index is 1.94. The van der Waals surface area contributed by atoms with Gasteiger partial charge in [0.1, 0.15) is 0 Å². The lowest BCUT2D eigenvalue weighted by Crippen LogP contribution is -2.61. The van der Waals surface area contributed by atoms with Gasteiger partial charge in [-0.25, -0.2) is 0 Å². The minimum atomic E-state index is 0.0833. The predicted molar refractivity (Wildman–Crippen MR) is 56.4 cm³/mol. The largest absolute Gasteiger partial charge is 0.381 e. The van der Waals surface area contributed by atoms with Crippen molar-refractivity contribution in [2.24, 2.45) is 11.3 Å². The average Bonchev–Trinajstić information content (AvgIpc) is 2.52. The highest BCUT2D eigenvalue weighted by molar-refractivity contribution is 5.81. The first-order valence-corrected chi connectivity index (χ1v) is 6.07. The lowest BCUT2D eigenvalue weighted by atomic mass is 9.50. The van der Waals surface area contributed by atoms with Crippen LogP contribution in [0.1, 0.15) is 39.0 Å². The molecule has 2 unspecified atom stereocenters. The molecule has 0 aromatic carbocycles. The Morgan fingerprint density at radius 2 is 2.07 bits per heavy atom. The summed E-state index contributed by atoms with van der Waals surface area (Å²) in [6.45, 7) is 3.94. The summed E-state index contributed by atoms with van der Waals surface area (Å²) in [5, 5.41) is 3.27. The van der Waals surface area contributed by atoms with E-state index in [1.54, 1.807) is 0 Å². The van der Waals surface area contributed by atoms with Gasteiger partial charge in [0, 0.05) is 25.0 Å². The molecule has 2 heterocycles.